The smallest absolute Gasteiger partial charge is 0.244 e. The summed E-state index contributed by atoms with van der Waals surface area (Å²) in [6.07, 6.45) is 5.30. The number of rotatable bonds is 7. The molecule has 1 unspecified atom stereocenters. The molecule has 6 nitrogen and oxygen atoms in total. The Hall–Kier alpha value is -1.79. The van der Waals surface area contributed by atoms with Crippen molar-refractivity contribution in [3.05, 3.63) is 28.2 Å². The van der Waals surface area contributed by atoms with Gasteiger partial charge in [0.1, 0.15) is 0 Å². The Kier molecular flexibility index (Phi) is 7.41. The maximum Gasteiger partial charge on any atom is 0.244 e. The SMILES string of the molecule is CCCN(CC(=O)Nc1ccc(Cl)cc1Cl)C(=O)C1CC(=O)N(C2CCCC2)C1. The van der Waals surface area contributed by atoms with Crippen LogP contribution in [0.4, 0.5) is 5.69 Å². The Morgan fingerprint density at radius 2 is 1.97 bits per heavy atom. The predicted molar refractivity (Wildman–Crippen MR) is 114 cm³/mol. The zero-order valence-corrected chi connectivity index (χ0v) is 18.1. The van der Waals surface area contributed by atoms with Crippen LogP contribution in [0.15, 0.2) is 18.2 Å². The van der Waals surface area contributed by atoms with E-state index < -0.39 is 0 Å². The summed E-state index contributed by atoms with van der Waals surface area (Å²) < 4.78 is 0. The summed E-state index contributed by atoms with van der Waals surface area (Å²) in [5, 5.41) is 3.55. The van der Waals surface area contributed by atoms with Crippen LogP contribution in [0.25, 0.3) is 0 Å². The number of nitrogens with one attached hydrogen (secondary N) is 1. The summed E-state index contributed by atoms with van der Waals surface area (Å²) >= 11 is 12.0. The summed E-state index contributed by atoms with van der Waals surface area (Å²) in [4.78, 5) is 41.5. The molecule has 3 rings (SSSR count). The number of anilines is 1. The average molecular weight is 440 g/mol. The number of halogens is 2. The highest BCUT2D eigenvalue weighted by Crippen LogP contribution is 2.30. The van der Waals surface area contributed by atoms with E-state index in [4.69, 9.17) is 23.2 Å². The first-order valence-corrected chi connectivity index (χ1v) is 11.0. The molecule has 1 aliphatic carbocycles. The summed E-state index contributed by atoms with van der Waals surface area (Å²) in [5.74, 6) is -0.767. The lowest BCUT2D eigenvalue weighted by molar-refractivity contribution is -0.138. The Labute approximate surface area is 181 Å². The second-order valence-corrected chi connectivity index (χ2v) is 8.66. The van der Waals surface area contributed by atoms with E-state index >= 15 is 0 Å². The van der Waals surface area contributed by atoms with Gasteiger partial charge in [-0.2, -0.15) is 0 Å². The molecule has 3 amide bonds. The molecular weight excluding hydrogens is 413 g/mol. The zero-order chi connectivity index (χ0) is 21.0. The molecular formula is C21H27Cl2N3O3. The maximum absolute atomic E-state index is 13.1. The van der Waals surface area contributed by atoms with Gasteiger partial charge in [-0.25, -0.2) is 0 Å². The highest BCUT2D eigenvalue weighted by atomic mass is 35.5. The van der Waals surface area contributed by atoms with Crippen molar-refractivity contribution in [2.45, 2.75) is 51.5 Å². The topological polar surface area (TPSA) is 69.7 Å². The van der Waals surface area contributed by atoms with Crippen molar-refractivity contribution in [3.63, 3.8) is 0 Å². The third-order valence-corrected chi connectivity index (χ3v) is 6.17. The van der Waals surface area contributed by atoms with E-state index in [9.17, 15) is 14.4 Å². The molecule has 1 aromatic carbocycles. The van der Waals surface area contributed by atoms with E-state index in [1.54, 1.807) is 23.1 Å². The molecule has 1 aliphatic heterocycles. The fraction of sp³-hybridized carbons (Fsp3) is 0.571. The van der Waals surface area contributed by atoms with Crippen molar-refractivity contribution in [2.75, 3.05) is 25.0 Å². The molecule has 0 bridgehead atoms. The van der Waals surface area contributed by atoms with Gasteiger partial charge in [0, 0.05) is 30.6 Å². The first kappa shape index (κ1) is 21.9. The summed E-state index contributed by atoms with van der Waals surface area (Å²) in [5.41, 5.74) is 0.452. The number of hydrogen-bond acceptors (Lipinski definition) is 3. The normalized spacial score (nSPS) is 19.6. The van der Waals surface area contributed by atoms with Gasteiger partial charge in [-0.3, -0.25) is 14.4 Å². The second-order valence-electron chi connectivity index (χ2n) is 7.82. The van der Waals surface area contributed by atoms with Crippen LogP contribution in [0.5, 0.6) is 0 Å². The average Bonchev–Trinajstić information content (AvgIpc) is 3.32. The molecule has 29 heavy (non-hydrogen) atoms. The van der Waals surface area contributed by atoms with Crippen molar-refractivity contribution in [3.8, 4) is 0 Å². The van der Waals surface area contributed by atoms with Gasteiger partial charge in [0.2, 0.25) is 17.7 Å². The molecule has 0 aromatic heterocycles. The summed E-state index contributed by atoms with van der Waals surface area (Å²) in [7, 11) is 0. The van der Waals surface area contributed by atoms with E-state index in [-0.39, 0.29) is 42.6 Å². The number of amides is 3. The van der Waals surface area contributed by atoms with Crippen LogP contribution < -0.4 is 5.32 Å². The van der Waals surface area contributed by atoms with Crippen LogP contribution in [0, 0.1) is 5.92 Å². The zero-order valence-electron chi connectivity index (χ0n) is 16.6. The molecule has 1 saturated carbocycles. The number of carbonyl (C=O) groups is 3. The van der Waals surface area contributed by atoms with Crippen molar-refractivity contribution < 1.29 is 14.4 Å². The molecule has 0 radical (unpaired) electrons. The van der Waals surface area contributed by atoms with Crippen molar-refractivity contribution >= 4 is 46.6 Å². The lowest BCUT2D eigenvalue weighted by Gasteiger charge is -2.26. The predicted octanol–water partition coefficient (Wildman–Crippen LogP) is 3.96. The van der Waals surface area contributed by atoms with E-state index in [1.807, 2.05) is 11.8 Å². The molecule has 1 N–H and O–H groups in total. The maximum atomic E-state index is 13.1. The lowest BCUT2D eigenvalue weighted by atomic mass is 10.1. The highest BCUT2D eigenvalue weighted by Gasteiger charge is 2.40. The number of hydrogen-bond donors (Lipinski definition) is 1. The minimum Gasteiger partial charge on any atom is -0.339 e. The van der Waals surface area contributed by atoms with E-state index in [2.05, 4.69) is 5.32 Å². The largest absolute Gasteiger partial charge is 0.339 e. The van der Waals surface area contributed by atoms with Crippen molar-refractivity contribution in [1.29, 1.82) is 0 Å². The highest BCUT2D eigenvalue weighted by molar-refractivity contribution is 6.36. The third-order valence-electron chi connectivity index (χ3n) is 5.62. The Bertz CT molecular complexity index is 780. The van der Waals surface area contributed by atoms with Crippen LogP contribution in [0.1, 0.15) is 45.4 Å². The van der Waals surface area contributed by atoms with E-state index in [0.717, 1.165) is 32.1 Å². The fourth-order valence-electron chi connectivity index (χ4n) is 4.22. The van der Waals surface area contributed by atoms with E-state index in [1.165, 1.54) is 0 Å². The molecule has 158 valence electrons. The van der Waals surface area contributed by atoms with Crippen LogP contribution in [0.3, 0.4) is 0 Å². The first-order valence-electron chi connectivity index (χ1n) is 10.2. The monoisotopic (exact) mass is 439 g/mol. The van der Waals surface area contributed by atoms with Gasteiger partial charge in [-0.1, -0.05) is 43.0 Å². The number of carbonyl (C=O) groups excluding carboxylic acids is 3. The Morgan fingerprint density at radius 1 is 1.24 bits per heavy atom. The molecule has 0 spiro atoms. The molecule has 1 heterocycles. The Morgan fingerprint density at radius 3 is 2.62 bits per heavy atom. The van der Waals surface area contributed by atoms with Gasteiger partial charge in [-0.05, 0) is 37.5 Å². The molecule has 2 aliphatic rings. The van der Waals surface area contributed by atoms with Gasteiger partial charge < -0.3 is 15.1 Å². The number of likely N-dealkylation sites (tertiary alicyclic amines) is 1. The number of nitrogens with zero attached hydrogens (tertiary/aromatic N) is 2. The molecule has 1 saturated heterocycles. The van der Waals surface area contributed by atoms with Crippen LogP contribution in [-0.2, 0) is 14.4 Å². The van der Waals surface area contributed by atoms with Crippen LogP contribution >= 0.6 is 23.2 Å². The van der Waals surface area contributed by atoms with Crippen molar-refractivity contribution in [2.24, 2.45) is 5.92 Å². The lowest BCUT2D eigenvalue weighted by Crippen LogP contribution is -2.43. The summed E-state index contributed by atoms with van der Waals surface area (Å²) in [6.45, 7) is 2.82. The standard InChI is InChI=1S/C21H27Cl2N3O3/c1-2-9-25(13-19(27)24-18-8-7-15(22)11-17(18)23)21(29)14-10-20(28)26(12-14)16-5-3-4-6-16/h7-8,11,14,16H,2-6,9-10,12-13H2,1H3,(H,24,27). The number of benzene rings is 1. The van der Waals surface area contributed by atoms with Gasteiger partial charge in [0.25, 0.3) is 0 Å². The van der Waals surface area contributed by atoms with Gasteiger partial charge in [-0.15, -0.1) is 0 Å². The fourth-order valence-corrected chi connectivity index (χ4v) is 4.67. The minimum absolute atomic E-state index is 0.0593. The van der Waals surface area contributed by atoms with Gasteiger partial charge >= 0.3 is 0 Å². The van der Waals surface area contributed by atoms with Gasteiger partial charge in [0.15, 0.2) is 0 Å². The van der Waals surface area contributed by atoms with Gasteiger partial charge in [0.05, 0.1) is 23.2 Å². The molecule has 1 atom stereocenters. The molecule has 1 aromatic rings. The Balaban J connectivity index is 1.61. The van der Waals surface area contributed by atoms with Crippen molar-refractivity contribution in [1.82, 2.24) is 9.80 Å². The quantitative estimate of drug-likeness (QED) is 0.698. The van der Waals surface area contributed by atoms with E-state index in [0.29, 0.717) is 28.8 Å². The van der Waals surface area contributed by atoms with Crippen LogP contribution in [0.2, 0.25) is 10.0 Å². The summed E-state index contributed by atoms with van der Waals surface area (Å²) in [6, 6.07) is 5.09. The third kappa shape index (κ3) is 5.43. The van der Waals surface area contributed by atoms with Crippen LogP contribution in [-0.4, -0.2) is 53.2 Å². The minimum atomic E-state index is -0.374. The second kappa shape index (κ2) is 9.81. The molecule has 2 fully saturated rings. The first-order chi connectivity index (χ1) is 13.9. The molecule has 8 heteroatoms.